The quantitative estimate of drug-likeness (QED) is 0.845. The molecule has 1 aromatic carbocycles. The summed E-state index contributed by atoms with van der Waals surface area (Å²) in [4.78, 5) is 2.26. The number of benzene rings is 1. The van der Waals surface area contributed by atoms with Crippen molar-refractivity contribution < 1.29 is 4.39 Å². The third-order valence-corrected chi connectivity index (χ3v) is 3.29. The van der Waals surface area contributed by atoms with Gasteiger partial charge >= 0.3 is 0 Å². The highest BCUT2D eigenvalue weighted by Gasteiger charge is 2.15. The lowest BCUT2D eigenvalue weighted by Crippen LogP contribution is -2.23. The van der Waals surface area contributed by atoms with Crippen LogP contribution in [0.1, 0.15) is 13.3 Å². The van der Waals surface area contributed by atoms with Crippen molar-refractivity contribution in [3.63, 3.8) is 0 Å². The lowest BCUT2D eigenvalue weighted by Gasteiger charge is -2.22. The van der Waals surface area contributed by atoms with Crippen molar-refractivity contribution in [3.05, 3.63) is 22.4 Å². The second-order valence-corrected chi connectivity index (χ2v) is 4.50. The van der Waals surface area contributed by atoms with Crippen molar-refractivity contribution in [2.75, 3.05) is 29.9 Å². The summed E-state index contributed by atoms with van der Waals surface area (Å²) in [5.74, 6) is -0.209. The Hall–Kier alpha value is -0.770. The zero-order valence-electron chi connectivity index (χ0n) is 8.69. The van der Waals surface area contributed by atoms with Crippen molar-refractivity contribution in [1.29, 1.82) is 0 Å². The fourth-order valence-electron chi connectivity index (χ4n) is 1.88. The first-order valence-electron chi connectivity index (χ1n) is 5.20. The van der Waals surface area contributed by atoms with Crippen LogP contribution in [0.3, 0.4) is 0 Å². The van der Waals surface area contributed by atoms with Crippen LogP contribution in [0.5, 0.6) is 0 Å². The van der Waals surface area contributed by atoms with Crippen LogP contribution < -0.4 is 10.2 Å². The molecule has 0 saturated carbocycles. The van der Waals surface area contributed by atoms with Crippen LogP contribution in [0.4, 0.5) is 15.8 Å². The molecule has 0 atom stereocenters. The van der Waals surface area contributed by atoms with Gasteiger partial charge in [0.2, 0.25) is 0 Å². The fraction of sp³-hybridized carbons (Fsp3) is 0.455. The van der Waals surface area contributed by atoms with Crippen LogP contribution in [0.2, 0.25) is 0 Å². The number of fused-ring (bicyclic) bond motifs is 1. The Balaban J connectivity index is 2.46. The molecule has 2 rings (SSSR count). The van der Waals surface area contributed by atoms with Gasteiger partial charge in [-0.3, -0.25) is 0 Å². The van der Waals surface area contributed by atoms with Crippen LogP contribution in [0.25, 0.3) is 0 Å². The number of hydrogen-bond acceptors (Lipinski definition) is 2. The van der Waals surface area contributed by atoms with Gasteiger partial charge in [-0.25, -0.2) is 4.39 Å². The fourth-order valence-corrected chi connectivity index (χ4v) is 2.21. The molecule has 1 N–H and O–H groups in total. The van der Waals surface area contributed by atoms with Gasteiger partial charge in [0.15, 0.2) is 0 Å². The summed E-state index contributed by atoms with van der Waals surface area (Å²) in [6.07, 6.45) is 1.09. The number of hydrogen-bond donors (Lipinski definition) is 1. The number of rotatable bonds is 1. The first-order valence-corrected chi connectivity index (χ1v) is 5.99. The maximum atomic E-state index is 13.4. The Morgan fingerprint density at radius 1 is 1.53 bits per heavy atom. The molecule has 82 valence electrons. The van der Waals surface area contributed by atoms with Gasteiger partial charge in [-0.1, -0.05) is 0 Å². The van der Waals surface area contributed by atoms with E-state index in [0.29, 0.717) is 4.47 Å². The lowest BCUT2D eigenvalue weighted by molar-refractivity contribution is 0.621. The number of nitrogens with one attached hydrogen (secondary N) is 1. The molecule has 0 amide bonds. The molecule has 0 aliphatic carbocycles. The molecule has 1 aromatic rings. The van der Waals surface area contributed by atoms with E-state index in [0.717, 1.165) is 37.4 Å². The minimum Gasteiger partial charge on any atom is -0.383 e. The maximum absolute atomic E-state index is 13.4. The van der Waals surface area contributed by atoms with Gasteiger partial charge < -0.3 is 10.2 Å². The number of halogens is 2. The van der Waals surface area contributed by atoms with Crippen LogP contribution in [0.15, 0.2) is 16.6 Å². The molecule has 1 aliphatic heterocycles. The molecule has 0 radical (unpaired) electrons. The highest BCUT2D eigenvalue weighted by Crippen LogP contribution is 2.33. The minimum absolute atomic E-state index is 0.209. The molecule has 0 unspecified atom stereocenters. The predicted octanol–water partition coefficient (Wildman–Crippen LogP) is 3.23. The minimum atomic E-state index is -0.209. The van der Waals surface area contributed by atoms with Crippen LogP contribution in [0, 0.1) is 5.82 Å². The molecule has 0 saturated heterocycles. The van der Waals surface area contributed by atoms with E-state index >= 15 is 0 Å². The monoisotopic (exact) mass is 272 g/mol. The molecule has 15 heavy (non-hydrogen) atoms. The van der Waals surface area contributed by atoms with Crippen molar-refractivity contribution in [1.82, 2.24) is 0 Å². The summed E-state index contributed by atoms with van der Waals surface area (Å²) in [6, 6.07) is 3.42. The Bertz CT molecular complexity index is 368. The summed E-state index contributed by atoms with van der Waals surface area (Å²) in [6.45, 7) is 5.00. The number of anilines is 2. The summed E-state index contributed by atoms with van der Waals surface area (Å²) < 4.78 is 13.9. The molecule has 0 bridgehead atoms. The van der Waals surface area contributed by atoms with E-state index in [1.54, 1.807) is 6.07 Å². The second kappa shape index (κ2) is 4.39. The molecule has 0 fully saturated rings. The molecule has 0 spiro atoms. The van der Waals surface area contributed by atoms with E-state index in [1.807, 2.05) is 6.07 Å². The molecular weight excluding hydrogens is 259 g/mol. The normalized spacial score (nSPS) is 15.5. The third-order valence-electron chi connectivity index (χ3n) is 2.68. The zero-order chi connectivity index (χ0) is 10.8. The van der Waals surface area contributed by atoms with E-state index < -0.39 is 0 Å². The Labute approximate surface area is 97.6 Å². The van der Waals surface area contributed by atoms with Crippen molar-refractivity contribution in [2.45, 2.75) is 13.3 Å². The average molecular weight is 273 g/mol. The highest BCUT2D eigenvalue weighted by atomic mass is 79.9. The predicted molar refractivity (Wildman–Crippen MR) is 65.1 cm³/mol. The van der Waals surface area contributed by atoms with E-state index in [9.17, 15) is 4.39 Å². The van der Waals surface area contributed by atoms with Crippen LogP contribution in [-0.4, -0.2) is 19.6 Å². The smallest absolute Gasteiger partial charge is 0.139 e. The standard InChI is InChI=1S/C11H14BrFN2/c1-2-15-5-3-4-14-10-7-9(13)8(12)6-11(10)15/h6-7,14H,2-5H2,1H3. The largest absolute Gasteiger partial charge is 0.383 e. The topological polar surface area (TPSA) is 15.3 Å². The van der Waals surface area contributed by atoms with Gasteiger partial charge in [0.05, 0.1) is 15.8 Å². The van der Waals surface area contributed by atoms with E-state index in [2.05, 4.69) is 33.1 Å². The van der Waals surface area contributed by atoms with E-state index in [4.69, 9.17) is 0 Å². The SMILES string of the molecule is CCN1CCCNc2cc(F)c(Br)cc21. The summed E-state index contributed by atoms with van der Waals surface area (Å²) in [5, 5.41) is 3.25. The third kappa shape index (κ3) is 2.09. The van der Waals surface area contributed by atoms with Gasteiger partial charge in [0, 0.05) is 25.7 Å². The van der Waals surface area contributed by atoms with Crippen molar-refractivity contribution in [2.24, 2.45) is 0 Å². The summed E-state index contributed by atoms with van der Waals surface area (Å²) in [5.41, 5.74) is 1.98. The Morgan fingerprint density at radius 3 is 3.07 bits per heavy atom. The van der Waals surface area contributed by atoms with Crippen LogP contribution in [-0.2, 0) is 0 Å². The second-order valence-electron chi connectivity index (χ2n) is 3.64. The van der Waals surface area contributed by atoms with Crippen molar-refractivity contribution >= 4 is 27.3 Å². The first-order chi connectivity index (χ1) is 7.22. The summed E-state index contributed by atoms with van der Waals surface area (Å²) in [7, 11) is 0. The maximum Gasteiger partial charge on any atom is 0.139 e. The molecular formula is C11H14BrFN2. The van der Waals surface area contributed by atoms with Gasteiger partial charge in [-0.15, -0.1) is 0 Å². The van der Waals surface area contributed by atoms with Gasteiger partial charge in [0.1, 0.15) is 5.82 Å². The molecule has 0 aromatic heterocycles. The number of nitrogens with zero attached hydrogens (tertiary/aromatic N) is 1. The summed E-state index contributed by atoms with van der Waals surface area (Å²) >= 11 is 3.23. The highest BCUT2D eigenvalue weighted by molar-refractivity contribution is 9.10. The van der Waals surface area contributed by atoms with Gasteiger partial charge in [0.25, 0.3) is 0 Å². The Kier molecular flexibility index (Phi) is 3.14. The first kappa shape index (κ1) is 10.7. The molecule has 4 heteroatoms. The average Bonchev–Trinajstić information content (AvgIpc) is 2.41. The lowest BCUT2D eigenvalue weighted by atomic mass is 10.2. The van der Waals surface area contributed by atoms with E-state index in [1.165, 1.54) is 0 Å². The van der Waals surface area contributed by atoms with Gasteiger partial charge in [-0.2, -0.15) is 0 Å². The molecule has 1 aliphatic rings. The van der Waals surface area contributed by atoms with E-state index in [-0.39, 0.29) is 5.82 Å². The van der Waals surface area contributed by atoms with Crippen LogP contribution >= 0.6 is 15.9 Å². The zero-order valence-corrected chi connectivity index (χ0v) is 10.3. The molecule has 1 heterocycles. The Morgan fingerprint density at radius 2 is 2.33 bits per heavy atom. The molecule has 2 nitrogen and oxygen atoms in total. The van der Waals surface area contributed by atoms with Gasteiger partial charge in [-0.05, 0) is 35.3 Å². The van der Waals surface area contributed by atoms with Crippen molar-refractivity contribution in [3.8, 4) is 0 Å².